The van der Waals surface area contributed by atoms with Crippen LogP contribution in [0.4, 0.5) is 13.2 Å². The van der Waals surface area contributed by atoms with E-state index in [0.717, 1.165) is 0 Å². The largest absolute Gasteiger partial charge is 0.490 e. The van der Waals surface area contributed by atoms with Gasteiger partial charge in [-0.2, -0.15) is 13.2 Å². The lowest BCUT2D eigenvalue weighted by atomic mass is 10.1. The summed E-state index contributed by atoms with van der Waals surface area (Å²) in [7, 11) is -0.745. The first-order valence-electron chi connectivity index (χ1n) is 11.9. The quantitative estimate of drug-likeness (QED) is 0.242. The van der Waals surface area contributed by atoms with E-state index in [2.05, 4.69) is 127 Å². The maximum absolute atomic E-state index is 10.6. The molecule has 0 aliphatic heterocycles. The standard InChI is InChI=1S/C30H21P.C2HF3O2/c1-4-16-25-22(10-1)13-7-19-28(25)31(29-20-8-14-23-11-2-5-17-26(23)29)30-21-9-15-24-12-3-6-18-27(24)30;3-2(4,5)1(6)7/h1-21H;(H,6,7). The topological polar surface area (TPSA) is 37.3 Å². The Morgan fingerprint density at radius 3 is 1.05 bits per heavy atom. The minimum absolute atomic E-state index is 0.745. The molecule has 1 N–H and O–H groups in total. The number of carboxylic acids is 1. The zero-order valence-corrected chi connectivity index (χ0v) is 21.0. The lowest BCUT2D eigenvalue weighted by Gasteiger charge is -2.24. The summed E-state index contributed by atoms with van der Waals surface area (Å²) in [5, 5.41) is 19.3. The number of hydrogen-bond acceptors (Lipinski definition) is 1. The second kappa shape index (κ2) is 10.6. The van der Waals surface area contributed by atoms with Crippen molar-refractivity contribution in [1.82, 2.24) is 0 Å². The molecule has 0 saturated carbocycles. The highest BCUT2D eigenvalue weighted by atomic mass is 31.1. The molecule has 2 nitrogen and oxygen atoms in total. The molecule has 0 aliphatic carbocycles. The second-order valence-electron chi connectivity index (χ2n) is 8.63. The molecule has 6 rings (SSSR count). The minimum Gasteiger partial charge on any atom is -0.475 e. The van der Waals surface area contributed by atoms with Crippen LogP contribution < -0.4 is 15.9 Å². The van der Waals surface area contributed by atoms with Crippen LogP contribution in [0.15, 0.2) is 127 Å². The van der Waals surface area contributed by atoms with Crippen LogP contribution in [-0.2, 0) is 4.79 Å². The average molecular weight is 526 g/mol. The van der Waals surface area contributed by atoms with Crippen molar-refractivity contribution in [2.45, 2.75) is 6.18 Å². The van der Waals surface area contributed by atoms with Crippen LogP contribution in [0.1, 0.15) is 0 Å². The van der Waals surface area contributed by atoms with Crippen molar-refractivity contribution in [3.8, 4) is 0 Å². The lowest BCUT2D eigenvalue weighted by molar-refractivity contribution is -0.192. The van der Waals surface area contributed by atoms with Crippen LogP contribution in [-0.4, -0.2) is 17.3 Å². The van der Waals surface area contributed by atoms with Crippen LogP contribution in [0.3, 0.4) is 0 Å². The van der Waals surface area contributed by atoms with E-state index in [1.54, 1.807) is 0 Å². The third-order valence-electron chi connectivity index (χ3n) is 6.27. The zero-order chi connectivity index (χ0) is 26.7. The van der Waals surface area contributed by atoms with Gasteiger partial charge in [0.1, 0.15) is 0 Å². The predicted molar refractivity (Wildman–Crippen MR) is 151 cm³/mol. The second-order valence-corrected chi connectivity index (χ2v) is 10.7. The Kier molecular flexibility index (Phi) is 7.13. The molecule has 0 saturated heterocycles. The Labute approximate surface area is 218 Å². The number of aliphatic carboxylic acids is 1. The van der Waals surface area contributed by atoms with Crippen LogP contribution in [0, 0.1) is 0 Å². The molecule has 0 radical (unpaired) electrons. The number of carbonyl (C=O) groups is 1. The number of benzene rings is 6. The summed E-state index contributed by atoms with van der Waals surface area (Å²) in [5.41, 5.74) is 0. The number of halogens is 3. The molecular weight excluding hydrogens is 504 g/mol. The zero-order valence-electron chi connectivity index (χ0n) is 20.1. The van der Waals surface area contributed by atoms with Crippen molar-refractivity contribution in [1.29, 1.82) is 0 Å². The molecule has 0 bridgehead atoms. The van der Waals surface area contributed by atoms with Gasteiger partial charge in [0.15, 0.2) is 0 Å². The fourth-order valence-corrected chi connectivity index (χ4v) is 7.42. The molecule has 0 spiro atoms. The smallest absolute Gasteiger partial charge is 0.475 e. The van der Waals surface area contributed by atoms with Gasteiger partial charge in [-0.15, -0.1) is 0 Å². The monoisotopic (exact) mass is 526 g/mol. The van der Waals surface area contributed by atoms with E-state index in [1.807, 2.05) is 0 Å². The summed E-state index contributed by atoms with van der Waals surface area (Å²) < 4.78 is 31.7. The van der Waals surface area contributed by atoms with Crippen LogP contribution in [0.2, 0.25) is 0 Å². The van der Waals surface area contributed by atoms with Gasteiger partial charge >= 0.3 is 12.1 Å². The Hall–Kier alpha value is -4.21. The summed E-state index contributed by atoms with van der Waals surface area (Å²) in [6, 6.07) is 46.6. The van der Waals surface area contributed by atoms with E-state index in [1.165, 1.54) is 48.2 Å². The van der Waals surface area contributed by atoms with E-state index >= 15 is 0 Å². The summed E-state index contributed by atoms with van der Waals surface area (Å²) in [6.45, 7) is 0. The number of carboxylic acid groups (broad SMARTS) is 1. The fourth-order valence-electron chi connectivity index (χ4n) is 4.60. The van der Waals surface area contributed by atoms with Gasteiger partial charge < -0.3 is 5.11 Å². The molecular formula is C32H22F3O2P. The van der Waals surface area contributed by atoms with Crippen molar-refractivity contribution >= 4 is 62.1 Å². The highest BCUT2D eigenvalue weighted by Crippen LogP contribution is 2.40. The first-order valence-corrected chi connectivity index (χ1v) is 13.2. The molecule has 6 heteroatoms. The number of hydrogen-bond donors (Lipinski definition) is 1. The van der Waals surface area contributed by atoms with Gasteiger partial charge in [-0.25, -0.2) is 4.79 Å². The Morgan fingerprint density at radius 2 is 0.763 bits per heavy atom. The van der Waals surface area contributed by atoms with E-state index in [-0.39, 0.29) is 0 Å². The molecule has 0 atom stereocenters. The molecule has 0 fully saturated rings. The molecule has 6 aromatic carbocycles. The number of rotatable bonds is 3. The number of alkyl halides is 3. The maximum Gasteiger partial charge on any atom is 0.490 e. The molecule has 38 heavy (non-hydrogen) atoms. The van der Waals surface area contributed by atoms with Crippen LogP contribution in [0.5, 0.6) is 0 Å². The van der Waals surface area contributed by atoms with Gasteiger partial charge in [0, 0.05) is 0 Å². The highest BCUT2D eigenvalue weighted by Gasteiger charge is 2.38. The fraction of sp³-hybridized carbons (Fsp3) is 0.0312. The first-order chi connectivity index (χ1) is 18.3. The van der Waals surface area contributed by atoms with Crippen LogP contribution >= 0.6 is 7.92 Å². The number of fused-ring (bicyclic) bond motifs is 3. The predicted octanol–water partition coefficient (Wildman–Crippen LogP) is 7.54. The van der Waals surface area contributed by atoms with Gasteiger partial charge in [0.05, 0.1) is 0 Å². The van der Waals surface area contributed by atoms with E-state index in [0.29, 0.717) is 0 Å². The maximum atomic E-state index is 10.6. The van der Waals surface area contributed by atoms with Gasteiger partial charge in [0.2, 0.25) is 0 Å². The van der Waals surface area contributed by atoms with Crippen molar-refractivity contribution in [3.63, 3.8) is 0 Å². The van der Waals surface area contributed by atoms with Gasteiger partial charge in [-0.05, 0) is 56.2 Å². The highest BCUT2D eigenvalue weighted by molar-refractivity contribution is 7.81. The van der Waals surface area contributed by atoms with Crippen molar-refractivity contribution in [3.05, 3.63) is 127 Å². The molecule has 0 amide bonds. The molecule has 0 unspecified atom stereocenters. The van der Waals surface area contributed by atoms with Crippen molar-refractivity contribution in [2.24, 2.45) is 0 Å². The average Bonchev–Trinajstić information content (AvgIpc) is 2.93. The summed E-state index contributed by atoms with van der Waals surface area (Å²) >= 11 is 0. The minimum atomic E-state index is -5.08. The Balaban J connectivity index is 0.000000374. The summed E-state index contributed by atoms with van der Waals surface area (Å²) in [5.74, 6) is -2.76. The molecule has 0 aliphatic rings. The van der Waals surface area contributed by atoms with E-state index in [4.69, 9.17) is 9.90 Å². The summed E-state index contributed by atoms with van der Waals surface area (Å²) in [4.78, 5) is 8.90. The molecule has 188 valence electrons. The third-order valence-corrected chi connectivity index (χ3v) is 8.88. The van der Waals surface area contributed by atoms with E-state index in [9.17, 15) is 13.2 Å². The van der Waals surface area contributed by atoms with Gasteiger partial charge in [0.25, 0.3) is 0 Å². The summed E-state index contributed by atoms with van der Waals surface area (Å²) in [6.07, 6.45) is -5.08. The Bertz CT molecular complexity index is 1560. The first kappa shape index (κ1) is 25.4. The molecule has 6 aromatic rings. The van der Waals surface area contributed by atoms with Crippen LogP contribution in [0.25, 0.3) is 32.3 Å². The third kappa shape index (κ3) is 5.11. The SMILES string of the molecule is O=C(O)C(F)(F)F.c1ccc2c(P(c3cccc4ccccc34)c3cccc4ccccc34)cccc2c1. The van der Waals surface area contributed by atoms with Gasteiger partial charge in [-0.1, -0.05) is 127 Å². The normalized spacial score (nSPS) is 11.5. The molecule has 0 aromatic heterocycles. The lowest BCUT2D eigenvalue weighted by Crippen LogP contribution is -2.22. The van der Waals surface area contributed by atoms with E-state index < -0.39 is 20.1 Å². The van der Waals surface area contributed by atoms with Crippen molar-refractivity contribution < 1.29 is 23.1 Å². The van der Waals surface area contributed by atoms with Crippen molar-refractivity contribution in [2.75, 3.05) is 0 Å². The Morgan fingerprint density at radius 1 is 0.500 bits per heavy atom. The molecule has 0 heterocycles. The van der Waals surface area contributed by atoms with Gasteiger partial charge in [-0.3, -0.25) is 0 Å².